The number of piperidine rings is 1. The van der Waals surface area contributed by atoms with Crippen LogP contribution in [0.4, 0.5) is 0 Å². The smallest absolute Gasteiger partial charge is 0.253 e. The van der Waals surface area contributed by atoms with Crippen LogP contribution >= 0.6 is 11.3 Å². The Kier molecular flexibility index (Phi) is 4.62. The summed E-state index contributed by atoms with van der Waals surface area (Å²) in [6, 6.07) is 10.9. The van der Waals surface area contributed by atoms with Crippen molar-refractivity contribution in [2.75, 3.05) is 20.1 Å². The first-order valence-corrected chi connectivity index (χ1v) is 12.3. The summed E-state index contributed by atoms with van der Waals surface area (Å²) in [7, 11) is 2.00. The molecule has 31 heavy (non-hydrogen) atoms. The molecule has 3 fully saturated rings. The van der Waals surface area contributed by atoms with Gasteiger partial charge in [-0.2, -0.15) is 0 Å². The number of hydrogen-bond acceptors (Lipinski definition) is 5. The second kappa shape index (κ2) is 7.38. The number of fused-ring (bicyclic) bond motifs is 3. The Morgan fingerprint density at radius 2 is 1.81 bits per heavy atom. The molecule has 2 aromatic heterocycles. The molecule has 2 aliphatic carbocycles. The average Bonchev–Trinajstić information content (AvgIpc) is 3.37. The Balaban J connectivity index is 1.19. The van der Waals surface area contributed by atoms with Gasteiger partial charge in [0.2, 0.25) is 0 Å². The van der Waals surface area contributed by atoms with Gasteiger partial charge >= 0.3 is 0 Å². The molecule has 4 atom stereocenters. The van der Waals surface area contributed by atoms with Crippen LogP contribution in [0.1, 0.15) is 58.5 Å². The second-order valence-electron chi connectivity index (χ2n) is 9.53. The van der Waals surface area contributed by atoms with E-state index in [0.717, 1.165) is 35.7 Å². The van der Waals surface area contributed by atoms with Gasteiger partial charge in [0.25, 0.3) is 5.91 Å². The summed E-state index contributed by atoms with van der Waals surface area (Å²) < 4.78 is 0. The number of nitrogens with zero attached hydrogens (tertiary/aromatic N) is 3. The van der Waals surface area contributed by atoms with E-state index < -0.39 is 0 Å². The normalized spacial score (nSPS) is 29.3. The second-order valence-corrected chi connectivity index (χ2v) is 10.4. The van der Waals surface area contributed by atoms with Gasteiger partial charge < -0.3 is 10.2 Å². The summed E-state index contributed by atoms with van der Waals surface area (Å²) in [5, 5.41) is 6.83. The lowest BCUT2D eigenvalue weighted by Gasteiger charge is -2.37. The predicted octanol–water partition coefficient (Wildman–Crippen LogP) is 4.34. The zero-order valence-corrected chi connectivity index (χ0v) is 18.9. The van der Waals surface area contributed by atoms with E-state index in [1.54, 1.807) is 11.3 Å². The van der Waals surface area contributed by atoms with Crippen LogP contribution in [-0.4, -0.2) is 47.0 Å². The van der Waals surface area contributed by atoms with Gasteiger partial charge in [0.1, 0.15) is 10.7 Å². The van der Waals surface area contributed by atoms with Gasteiger partial charge in [-0.25, -0.2) is 9.97 Å². The van der Waals surface area contributed by atoms with Gasteiger partial charge in [0, 0.05) is 30.0 Å². The summed E-state index contributed by atoms with van der Waals surface area (Å²) >= 11 is 1.68. The summed E-state index contributed by atoms with van der Waals surface area (Å²) in [5.41, 5.74) is 3.31. The SMILES string of the molecule is Cc1nc(C2CC2c2ccc(C(=O)N(C)C3C4CCC3CNC4)cc2)c2ccsc2n1. The minimum Gasteiger partial charge on any atom is -0.338 e. The third-order valence-electron chi connectivity index (χ3n) is 7.65. The van der Waals surface area contributed by atoms with Crippen molar-refractivity contribution in [3.63, 3.8) is 0 Å². The Morgan fingerprint density at radius 1 is 1.06 bits per heavy atom. The molecule has 3 aliphatic rings. The van der Waals surface area contributed by atoms with Crippen LogP contribution in [0.2, 0.25) is 0 Å². The van der Waals surface area contributed by atoms with Crippen molar-refractivity contribution in [3.05, 3.63) is 58.4 Å². The molecule has 1 aromatic carbocycles. The van der Waals surface area contributed by atoms with Gasteiger partial charge in [-0.3, -0.25) is 4.79 Å². The molecule has 4 unspecified atom stereocenters. The highest BCUT2D eigenvalue weighted by atomic mass is 32.1. The number of hydrogen-bond donors (Lipinski definition) is 1. The molecule has 3 aromatic rings. The van der Waals surface area contributed by atoms with Crippen molar-refractivity contribution in [1.82, 2.24) is 20.2 Å². The van der Waals surface area contributed by atoms with E-state index in [9.17, 15) is 4.79 Å². The molecule has 2 saturated carbocycles. The van der Waals surface area contributed by atoms with Crippen molar-refractivity contribution < 1.29 is 4.79 Å². The van der Waals surface area contributed by atoms with Crippen LogP contribution in [0.5, 0.6) is 0 Å². The number of carbonyl (C=O) groups is 1. The molecule has 0 spiro atoms. The lowest BCUT2D eigenvalue weighted by molar-refractivity contribution is 0.0611. The molecule has 5 nitrogen and oxygen atoms in total. The van der Waals surface area contributed by atoms with Crippen LogP contribution in [0.3, 0.4) is 0 Å². The van der Waals surface area contributed by atoms with Crippen molar-refractivity contribution in [2.24, 2.45) is 11.8 Å². The van der Waals surface area contributed by atoms with Gasteiger partial charge in [0.15, 0.2) is 0 Å². The lowest BCUT2D eigenvalue weighted by atomic mass is 9.92. The van der Waals surface area contributed by atoms with Gasteiger partial charge in [-0.15, -0.1) is 11.3 Å². The van der Waals surface area contributed by atoms with Crippen molar-refractivity contribution in [3.8, 4) is 0 Å². The zero-order valence-electron chi connectivity index (χ0n) is 18.0. The third kappa shape index (κ3) is 3.28. The molecular formula is C25H28N4OS. The topological polar surface area (TPSA) is 58.1 Å². The number of nitrogens with one attached hydrogen (secondary N) is 1. The van der Waals surface area contributed by atoms with E-state index in [1.165, 1.54) is 29.5 Å². The van der Waals surface area contributed by atoms with Crippen LogP contribution < -0.4 is 5.32 Å². The molecule has 6 heteroatoms. The summed E-state index contributed by atoms with van der Waals surface area (Å²) in [6.07, 6.45) is 3.59. The van der Waals surface area contributed by atoms with E-state index >= 15 is 0 Å². The predicted molar refractivity (Wildman–Crippen MR) is 124 cm³/mol. The number of thiophene rings is 1. The maximum atomic E-state index is 13.2. The molecule has 1 amide bonds. The highest BCUT2D eigenvalue weighted by Gasteiger charge is 2.43. The third-order valence-corrected chi connectivity index (χ3v) is 8.46. The number of aryl methyl sites for hydroxylation is 1. The molecule has 160 valence electrons. The molecule has 1 N–H and O–H groups in total. The van der Waals surface area contributed by atoms with Crippen molar-refractivity contribution in [1.29, 1.82) is 0 Å². The molecule has 2 bridgehead atoms. The van der Waals surface area contributed by atoms with Crippen LogP contribution in [0.25, 0.3) is 10.2 Å². The average molecular weight is 433 g/mol. The van der Waals surface area contributed by atoms with Crippen molar-refractivity contribution in [2.45, 2.75) is 44.1 Å². The molecule has 1 aliphatic heterocycles. The molecule has 0 radical (unpaired) electrons. The molecule has 6 rings (SSSR count). The van der Waals surface area contributed by atoms with E-state index in [4.69, 9.17) is 4.98 Å². The number of carbonyl (C=O) groups excluding carboxylic acids is 1. The van der Waals surface area contributed by atoms with Crippen LogP contribution in [0, 0.1) is 18.8 Å². The first-order valence-electron chi connectivity index (χ1n) is 11.4. The van der Waals surface area contributed by atoms with Crippen molar-refractivity contribution >= 4 is 27.5 Å². The fourth-order valence-electron chi connectivity index (χ4n) is 6.04. The Bertz CT molecular complexity index is 1120. The zero-order chi connectivity index (χ0) is 21.1. The molecular weight excluding hydrogens is 404 g/mol. The Morgan fingerprint density at radius 3 is 2.55 bits per heavy atom. The highest BCUT2D eigenvalue weighted by molar-refractivity contribution is 7.16. The van der Waals surface area contributed by atoms with E-state index in [-0.39, 0.29) is 5.91 Å². The van der Waals surface area contributed by atoms with E-state index in [2.05, 4.69) is 33.9 Å². The summed E-state index contributed by atoms with van der Waals surface area (Å²) in [4.78, 5) is 25.6. The maximum Gasteiger partial charge on any atom is 0.253 e. The molecule has 1 saturated heterocycles. The highest BCUT2D eigenvalue weighted by Crippen LogP contribution is 2.55. The van der Waals surface area contributed by atoms with Gasteiger partial charge in [-0.05, 0) is 86.2 Å². The lowest BCUT2D eigenvalue weighted by Crippen LogP contribution is -2.51. The number of amides is 1. The first-order chi connectivity index (χ1) is 15.1. The fraction of sp³-hybridized carbons (Fsp3) is 0.480. The van der Waals surface area contributed by atoms with Crippen LogP contribution in [0.15, 0.2) is 35.7 Å². The maximum absolute atomic E-state index is 13.2. The number of aromatic nitrogens is 2. The van der Waals surface area contributed by atoms with Gasteiger partial charge in [0.05, 0.1) is 5.69 Å². The van der Waals surface area contributed by atoms with E-state index in [0.29, 0.717) is 29.7 Å². The monoisotopic (exact) mass is 432 g/mol. The van der Waals surface area contributed by atoms with E-state index in [1.807, 2.05) is 31.0 Å². The van der Waals surface area contributed by atoms with Gasteiger partial charge in [-0.1, -0.05) is 12.1 Å². The number of benzene rings is 1. The summed E-state index contributed by atoms with van der Waals surface area (Å²) in [6.45, 7) is 4.06. The largest absolute Gasteiger partial charge is 0.338 e. The minimum absolute atomic E-state index is 0.161. The Labute approximate surface area is 186 Å². The van der Waals surface area contributed by atoms with Crippen LogP contribution in [-0.2, 0) is 0 Å². The Hall–Kier alpha value is -2.31. The molecule has 3 heterocycles. The number of rotatable bonds is 4. The quantitative estimate of drug-likeness (QED) is 0.666. The standard InChI is InChI=1S/C25H28N4OS/c1-14-27-22(19-9-10-31-24(19)28-14)21-11-20(21)15-3-5-16(6-4-15)25(30)29(2)23-17-7-8-18(23)13-26-12-17/h3-6,9-10,17-18,20-21,23,26H,7-8,11-13H2,1-2H3. The summed E-state index contributed by atoms with van der Waals surface area (Å²) in [5.74, 6) is 3.16. The first kappa shape index (κ1) is 19.4. The fourth-order valence-corrected chi connectivity index (χ4v) is 6.85. The minimum atomic E-state index is 0.161.